The lowest BCUT2D eigenvalue weighted by Gasteiger charge is -2.17. The molecule has 0 spiro atoms. The van der Waals surface area contributed by atoms with Gasteiger partial charge in [0, 0.05) is 36.1 Å². The summed E-state index contributed by atoms with van der Waals surface area (Å²) in [5, 5.41) is 12.9. The van der Waals surface area contributed by atoms with Crippen LogP contribution in [-0.4, -0.2) is 22.8 Å². The first kappa shape index (κ1) is 15.9. The van der Waals surface area contributed by atoms with Crippen molar-refractivity contribution in [3.63, 3.8) is 0 Å². The predicted molar refractivity (Wildman–Crippen MR) is 85.9 cm³/mol. The van der Waals surface area contributed by atoms with Gasteiger partial charge in [0.2, 0.25) is 0 Å². The van der Waals surface area contributed by atoms with Gasteiger partial charge in [-0.15, -0.1) is 11.3 Å². The first-order chi connectivity index (χ1) is 9.88. The Bertz CT molecular complexity index is 704. The van der Waals surface area contributed by atoms with Crippen molar-refractivity contribution in [3.8, 4) is 0 Å². The Balaban J connectivity index is 2.19. The maximum Gasteiger partial charge on any atom is 0.269 e. The van der Waals surface area contributed by atoms with Crippen LogP contribution in [0.2, 0.25) is 5.02 Å². The molecule has 0 aliphatic rings. The van der Waals surface area contributed by atoms with Crippen LogP contribution in [-0.2, 0) is 6.54 Å². The SMILES string of the molecule is CN(Cc1cc([N+](=O)[O-])ccc1Cl)C(=O)c1csc(Br)c1. The molecular formula is C13H10BrClN2O3S. The van der Waals surface area contributed by atoms with Gasteiger partial charge in [-0.05, 0) is 33.6 Å². The van der Waals surface area contributed by atoms with E-state index in [1.54, 1.807) is 18.5 Å². The fraction of sp³-hybridized carbons (Fsp3) is 0.154. The molecule has 0 radical (unpaired) electrons. The monoisotopic (exact) mass is 388 g/mol. The summed E-state index contributed by atoms with van der Waals surface area (Å²) >= 11 is 10.8. The molecule has 0 saturated carbocycles. The molecule has 21 heavy (non-hydrogen) atoms. The summed E-state index contributed by atoms with van der Waals surface area (Å²) in [4.78, 5) is 24.0. The number of carbonyl (C=O) groups excluding carboxylic acids is 1. The Morgan fingerprint density at radius 1 is 1.48 bits per heavy atom. The normalized spacial score (nSPS) is 10.4. The van der Waals surface area contributed by atoms with Crippen LogP contribution in [0, 0.1) is 10.1 Å². The number of nitrogens with zero attached hydrogens (tertiary/aromatic N) is 2. The van der Waals surface area contributed by atoms with Crippen molar-refractivity contribution in [3.05, 3.63) is 59.7 Å². The highest BCUT2D eigenvalue weighted by molar-refractivity contribution is 9.11. The van der Waals surface area contributed by atoms with E-state index in [2.05, 4.69) is 15.9 Å². The fourth-order valence-electron chi connectivity index (χ4n) is 1.77. The first-order valence-electron chi connectivity index (χ1n) is 5.81. The number of nitro benzene ring substituents is 1. The Morgan fingerprint density at radius 2 is 2.19 bits per heavy atom. The van der Waals surface area contributed by atoms with E-state index in [9.17, 15) is 14.9 Å². The quantitative estimate of drug-likeness (QED) is 0.577. The van der Waals surface area contributed by atoms with Gasteiger partial charge in [0.25, 0.3) is 11.6 Å². The molecule has 0 bridgehead atoms. The Morgan fingerprint density at radius 3 is 2.76 bits per heavy atom. The molecule has 2 aromatic rings. The highest BCUT2D eigenvalue weighted by atomic mass is 79.9. The van der Waals surface area contributed by atoms with Crippen molar-refractivity contribution in [2.45, 2.75) is 6.54 Å². The zero-order valence-electron chi connectivity index (χ0n) is 10.9. The van der Waals surface area contributed by atoms with Crippen LogP contribution in [0.4, 0.5) is 5.69 Å². The molecule has 110 valence electrons. The van der Waals surface area contributed by atoms with E-state index in [1.807, 2.05) is 0 Å². The van der Waals surface area contributed by atoms with E-state index in [1.165, 1.54) is 34.4 Å². The van der Waals surface area contributed by atoms with Gasteiger partial charge in [-0.1, -0.05) is 11.6 Å². The van der Waals surface area contributed by atoms with E-state index in [0.717, 1.165) is 3.79 Å². The molecule has 0 atom stereocenters. The number of amides is 1. The molecule has 1 amide bonds. The van der Waals surface area contributed by atoms with Crippen molar-refractivity contribution < 1.29 is 9.72 Å². The number of hydrogen-bond acceptors (Lipinski definition) is 4. The lowest BCUT2D eigenvalue weighted by Crippen LogP contribution is -2.25. The van der Waals surface area contributed by atoms with E-state index < -0.39 is 4.92 Å². The number of carbonyl (C=O) groups is 1. The topological polar surface area (TPSA) is 63.4 Å². The molecule has 1 heterocycles. The van der Waals surface area contributed by atoms with Gasteiger partial charge in [0.15, 0.2) is 0 Å². The summed E-state index contributed by atoms with van der Waals surface area (Å²) in [7, 11) is 1.63. The third kappa shape index (κ3) is 3.81. The van der Waals surface area contributed by atoms with Crippen molar-refractivity contribution >= 4 is 50.5 Å². The molecule has 0 fully saturated rings. The molecule has 0 aliphatic heterocycles. The third-order valence-electron chi connectivity index (χ3n) is 2.81. The van der Waals surface area contributed by atoms with Crippen LogP contribution in [0.1, 0.15) is 15.9 Å². The fourth-order valence-corrected chi connectivity index (χ4v) is 3.07. The summed E-state index contributed by atoms with van der Waals surface area (Å²) < 4.78 is 0.868. The molecule has 0 saturated heterocycles. The number of nitro groups is 1. The van der Waals surface area contributed by atoms with Crippen LogP contribution in [0.3, 0.4) is 0 Å². The number of halogens is 2. The van der Waals surface area contributed by atoms with Gasteiger partial charge in [-0.2, -0.15) is 0 Å². The molecule has 1 aromatic heterocycles. The molecule has 2 rings (SSSR count). The number of thiophene rings is 1. The summed E-state index contributed by atoms with van der Waals surface area (Å²) in [6.45, 7) is 0.201. The lowest BCUT2D eigenvalue weighted by atomic mass is 10.2. The largest absolute Gasteiger partial charge is 0.337 e. The number of non-ortho nitro benzene ring substituents is 1. The second-order valence-corrected chi connectivity index (χ2v) is 7.03. The van der Waals surface area contributed by atoms with Crippen molar-refractivity contribution in [1.82, 2.24) is 4.90 Å². The second-order valence-electron chi connectivity index (χ2n) is 4.33. The van der Waals surface area contributed by atoms with Crippen LogP contribution in [0.5, 0.6) is 0 Å². The maximum absolute atomic E-state index is 12.2. The lowest BCUT2D eigenvalue weighted by molar-refractivity contribution is -0.384. The predicted octanol–water partition coefficient (Wildman–Crippen LogP) is 4.34. The average Bonchev–Trinajstić information content (AvgIpc) is 2.86. The zero-order chi connectivity index (χ0) is 15.6. The first-order valence-corrected chi connectivity index (χ1v) is 7.86. The average molecular weight is 390 g/mol. The molecule has 0 aliphatic carbocycles. The Hall–Kier alpha value is -1.44. The minimum absolute atomic E-state index is 0.0477. The third-order valence-corrected chi connectivity index (χ3v) is 4.68. The zero-order valence-corrected chi connectivity index (χ0v) is 14.0. The molecular weight excluding hydrogens is 380 g/mol. The summed E-state index contributed by atoms with van der Waals surface area (Å²) in [5.41, 5.74) is 1.06. The van der Waals surface area contributed by atoms with Gasteiger partial charge in [0.1, 0.15) is 0 Å². The summed E-state index contributed by atoms with van der Waals surface area (Å²) in [6.07, 6.45) is 0. The summed E-state index contributed by atoms with van der Waals surface area (Å²) in [5.74, 6) is -0.167. The molecule has 0 N–H and O–H groups in total. The highest BCUT2D eigenvalue weighted by Crippen LogP contribution is 2.25. The van der Waals surface area contributed by atoms with E-state index in [0.29, 0.717) is 16.1 Å². The van der Waals surface area contributed by atoms with E-state index in [-0.39, 0.29) is 18.1 Å². The number of benzene rings is 1. The van der Waals surface area contributed by atoms with Gasteiger partial charge < -0.3 is 4.90 Å². The van der Waals surface area contributed by atoms with Crippen molar-refractivity contribution in [2.75, 3.05) is 7.05 Å². The molecule has 1 aromatic carbocycles. The minimum Gasteiger partial charge on any atom is -0.337 e. The van der Waals surface area contributed by atoms with E-state index >= 15 is 0 Å². The van der Waals surface area contributed by atoms with Crippen molar-refractivity contribution in [2.24, 2.45) is 0 Å². The Labute approximate surface area is 138 Å². The van der Waals surface area contributed by atoms with Gasteiger partial charge in [0.05, 0.1) is 14.3 Å². The number of hydrogen-bond donors (Lipinski definition) is 0. The standard InChI is InChI=1S/C13H10BrClN2O3S/c1-16(13(18)9-5-12(14)21-7-9)6-8-4-10(17(19)20)2-3-11(8)15/h2-5,7H,6H2,1H3. The maximum atomic E-state index is 12.2. The van der Waals surface area contributed by atoms with Crippen LogP contribution in [0.15, 0.2) is 33.4 Å². The molecule has 0 unspecified atom stereocenters. The minimum atomic E-state index is -0.488. The number of rotatable bonds is 4. The van der Waals surface area contributed by atoms with Crippen LogP contribution in [0.25, 0.3) is 0 Å². The van der Waals surface area contributed by atoms with E-state index in [4.69, 9.17) is 11.6 Å². The van der Waals surface area contributed by atoms with Crippen LogP contribution < -0.4 is 0 Å². The van der Waals surface area contributed by atoms with Gasteiger partial charge in [-0.3, -0.25) is 14.9 Å². The second kappa shape index (κ2) is 6.55. The van der Waals surface area contributed by atoms with Gasteiger partial charge >= 0.3 is 0 Å². The highest BCUT2D eigenvalue weighted by Gasteiger charge is 2.16. The smallest absolute Gasteiger partial charge is 0.269 e. The Kier molecular flexibility index (Phi) is 4.97. The summed E-state index contributed by atoms with van der Waals surface area (Å²) in [6, 6.07) is 5.92. The van der Waals surface area contributed by atoms with Crippen molar-refractivity contribution in [1.29, 1.82) is 0 Å². The van der Waals surface area contributed by atoms with Gasteiger partial charge in [-0.25, -0.2) is 0 Å². The molecule has 5 nitrogen and oxygen atoms in total. The van der Waals surface area contributed by atoms with Crippen LogP contribution >= 0.6 is 38.9 Å². The molecule has 8 heteroatoms.